The topological polar surface area (TPSA) is 57.0 Å². The molecule has 0 radical (unpaired) electrons. The molecule has 1 amide bonds. The first-order chi connectivity index (χ1) is 23.0. The fourth-order valence-corrected chi connectivity index (χ4v) is 7.23. The van der Waals surface area contributed by atoms with E-state index in [2.05, 4.69) is 90.0 Å². The van der Waals surface area contributed by atoms with E-state index in [1.54, 1.807) is 11.8 Å². The number of benzene rings is 2. The van der Waals surface area contributed by atoms with Crippen LogP contribution in [0.1, 0.15) is 57.6 Å². The summed E-state index contributed by atoms with van der Waals surface area (Å²) in [5.74, 6) is -0.0639. The van der Waals surface area contributed by atoms with Gasteiger partial charge in [0, 0.05) is 61.8 Å². The van der Waals surface area contributed by atoms with Crippen molar-refractivity contribution < 1.29 is 4.79 Å². The lowest BCUT2D eigenvalue weighted by Gasteiger charge is -2.44. The zero-order valence-corrected chi connectivity index (χ0v) is 28.2. The molecule has 0 aliphatic carbocycles. The standard InChI is InChI=1S/C40H46N6O/c1-5-8-15-34-18-19-38-37(28-41-34)39(47)45(25-24-43(38)4)35-16-12-17-36(26-35)46-30-31(27-42-46)29-44-22-20-40(21-23-44,32(6-2)7-3)33-13-10-9-11-14-33/h6,8-17,19,26-28,30H,5,7,20-25,29H2,1-4H3/b15-8+,32-6-. The number of piperidine rings is 1. The summed E-state index contributed by atoms with van der Waals surface area (Å²) >= 11 is 0. The van der Waals surface area contributed by atoms with Gasteiger partial charge in [-0.3, -0.25) is 9.69 Å². The second-order valence-electron chi connectivity index (χ2n) is 12.6. The highest BCUT2D eigenvalue weighted by Gasteiger charge is 2.38. The monoisotopic (exact) mass is 626 g/mol. The lowest BCUT2D eigenvalue weighted by atomic mass is 9.66. The van der Waals surface area contributed by atoms with Crippen LogP contribution in [-0.4, -0.2) is 64.9 Å². The highest BCUT2D eigenvalue weighted by Crippen LogP contribution is 2.43. The molecule has 0 saturated carbocycles. The molecule has 6 rings (SSSR count). The summed E-state index contributed by atoms with van der Waals surface area (Å²) < 4.78 is 1.93. The third-order valence-electron chi connectivity index (χ3n) is 9.85. The van der Waals surface area contributed by atoms with Crippen molar-refractivity contribution in [2.24, 2.45) is 4.99 Å². The van der Waals surface area contributed by atoms with E-state index >= 15 is 0 Å². The third-order valence-corrected chi connectivity index (χ3v) is 9.85. The van der Waals surface area contributed by atoms with Crippen molar-refractivity contribution in [3.8, 4) is 5.69 Å². The second-order valence-corrected chi connectivity index (χ2v) is 12.6. The summed E-state index contributed by atoms with van der Waals surface area (Å²) in [4.78, 5) is 25.0. The number of nitrogens with zero attached hydrogens (tertiary/aromatic N) is 6. The number of likely N-dealkylation sites (tertiary alicyclic amines) is 1. The van der Waals surface area contributed by atoms with Crippen LogP contribution >= 0.6 is 0 Å². The van der Waals surface area contributed by atoms with E-state index in [9.17, 15) is 4.79 Å². The molecule has 0 atom stereocenters. The molecule has 2 aromatic carbocycles. The second kappa shape index (κ2) is 14.4. The molecule has 0 unspecified atom stereocenters. The first-order valence-corrected chi connectivity index (χ1v) is 17.0. The minimum absolute atomic E-state index is 0.0639. The van der Waals surface area contributed by atoms with Crippen LogP contribution in [0.4, 0.5) is 5.69 Å². The zero-order chi connectivity index (χ0) is 32.8. The molecule has 7 nitrogen and oxygen atoms in total. The number of allylic oxidation sites excluding steroid dienone is 4. The van der Waals surface area contributed by atoms with Gasteiger partial charge in [-0.1, -0.05) is 73.7 Å². The summed E-state index contributed by atoms with van der Waals surface area (Å²) in [5, 5.41) is 4.75. The van der Waals surface area contributed by atoms with Gasteiger partial charge in [-0.2, -0.15) is 5.10 Å². The van der Waals surface area contributed by atoms with Gasteiger partial charge in [-0.15, -0.1) is 0 Å². The number of aromatic nitrogens is 2. The first kappa shape index (κ1) is 32.2. The molecule has 7 heteroatoms. The Morgan fingerprint density at radius 1 is 1.00 bits per heavy atom. The van der Waals surface area contributed by atoms with Gasteiger partial charge in [0.1, 0.15) is 5.70 Å². The minimum Gasteiger partial charge on any atom is -0.372 e. The number of likely N-dealkylation sites (N-methyl/N-ethyl adjacent to an activating group) is 1. The molecule has 0 bridgehead atoms. The van der Waals surface area contributed by atoms with Crippen LogP contribution < -0.4 is 4.90 Å². The van der Waals surface area contributed by atoms with E-state index in [0.29, 0.717) is 24.4 Å². The van der Waals surface area contributed by atoms with Gasteiger partial charge in [0.25, 0.3) is 5.91 Å². The van der Waals surface area contributed by atoms with Gasteiger partial charge >= 0.3 is 0 Å². The van der Waals surface area contributed by atoms with Crippen molar-refractivity contribution in [1.29, 1.82) is 0 Å². The summed E-state index contributed by atoms with van der Waals surface area (Å²) in [7, 11) is 2.01. The number of aliphatic imine (C=N–C) groups is 1. The van der Waals surface area contributed by atoms with E-state index in [1.807, 2.05) is 59.3 Å². The first-order valence-electron chi connectivity index (χ1n) is 17.0. The number of amides is 1. The molecule has 1 aromatic heterocycles. The molecule has 47 heavy (non-hydrogen) atoms. The van der Waals surface area contributed by atoms with Gasteiger partial charge in [-0.05, 0) is 75.5 Å². The van der Waals surface area contributed by atoms with E-state index < -0.39 is 0 Å². The number of anilines is 1. The lowest BCUT2D eigenvalue weighted by molar-refractivity contribution is -0.114. The predicted molar refractivity (Wildman–Crippen MR) is 192 cm³/mol. The Morgan fingerprint density at radius 2 is 1.79 bits per heavy atom. The molecular weight excluding hydrogens is 580 g/mol. The van der Waals surface area contributed by atoms with E-state index in [1.165, 1.54) is 11.1 Å². The van der Waals surface area contributed by atoms with Crippen LogP contribution in [-0.2, 0) is 16.8 Å². The van der Waals surface area contributed by atoms with Crippen molar-refractivity contribution in [1.82, 2.24) is 19.6 Å². The summed E-state index contributed by atoms with van der Waals surface area (Å²) in [6, 6.07) is 19.2. The molecule has 1 saturated heterocycles. The van der Waals surface area contributed by atoms with Crippen molar-refractivity contribution in [3.63, 3.8) is 0 Å². The number of hydrogen-bond acceptors (Lipinski definition) is 5. The fourth-order valence-electron chi connectivity index (χ4n) is 7.23. The maximum atomic E-state index is 13.9. The number of hydrogen-bond donors (Lipinski definition) is 0. The van der Waals surface area contributed by atoms with Gasteiger partial charge in [0.2, 0.25) is 0 Å². The molecule has 1 fully saturated rings. The number of carbonyl (C=O) groups is 1. The van der Waals surface area contributed by atoms with Gasteiger partial charge in [0.05, 0.1) is 23.2 Å². The Labute approximate surface area is 279 Å². The molecular formula is C40H46N6O. The quantitative estimate of drug-likeness (QED) is 0.184. The minimum atomic E-state index is -0.0639. The average molecular weight is 627 g/mol. The van der Waals surface area contributed by atoms with Crippen LogP contribution in [0.5, 0.6) is 0 Å². The molecule has 3 aliphatic heterocycles. The van der Waals surface area contributed by atoms with Crippen molar-refractivity contribution >= 4 is 17.8 Å². The van der Waals surface area contributed by atoms with Crippen LogP contribution in [0.2, 0.25) is 0 Å². The Hall–Kier alpha value is -4.71. The van der Waals surface area contributed by atoms with Crippen LogP contribution in [0, 0.1) is 0 Å². The Bertz CT molecular complexity index is 1780. The zero-order valence-electron chi connectivity index (χ0n) is 28.2. The SMILES string of the molecule is C/C=C(/CC)C1(c2ccccc2)CCN(Cc2cnn(-c3cccc(N4CCN(C)C5=C(C=NC(/C=C/CC)=C=C5)C4=O)c3)c2)CC1. The van der Waals surface area contributed by atoms with Crippen LogP contribution in [0.3, 0.4) is 0 Å². The smallest absolute Gasteiger partial charge is 0.262 e. The summed E-state index contributed by atoms with van der Waals surface area (Å²) in [5.41, 5.74) is 11.4. The van der Waals surface area contributed by atoms with E-state index in [4.69, 9.17) is 5.10 Å². The summed E-state index contributed by atoms with van der Waals surface area (Å²) in [6.45, 7) is 10.8. The van der Waals surface area contributed by atoms with Crippen molar-refractivity contribution in [2.45, 2.75) is 58.4 Å². The number of carbonyl (C=O) groups excluding carboxylic acids is 1. The van der Waals surface area contributed by atoms with E-state index in [0.717, 1.165) is 62.4 Å². The fraction of sp³-hybridized carbons (Fsp3) is 0.350. The molecule has 0 spiro atoms. The Balaban J connectivity index is 1.16. The Morgan fingerprint density at radius 3 is 2.53 bits per heavy atom. The molecule has 4 heterocycles. The largest absolute Gasteiger partial charge is 0.372 e. The van der Waals surface area contributed by atoms with Crippen LogP contribution in [0.15, 0.2) is 125 Å². The molecule has 3 aliphatic rings. The number of rotatable bonds is 9. The van der Waals surface area contributed by atoms with Gasteiger partial charge in [-0.25, -0.2) is 9.67 Å². The highest BCUT2D eigenvalue weighted by atomic mass is 16.2. The normalized spacial score (nSPS) is 18.9. The maximum absolute atomic E-state index is 13.9. The third kappa shape index (κ3) is 6.73. The maximum Gasteiger partial charge on any atom is 0.262 e. The molecule has 242 valence electrons. The van der Waals surface area contributed by atoms with Crippen molar-refractivity contribution in [3.05, 3.63) is 131 Å². The Kier molecular flexibility index (Phi) is 9.86. The summed E-state index contributed by atoms with van der Waals surface area (Å²) in [6.07, 6.45) is 18.2. The lowest BCUT2D eigenvalue weighted by Crippen LogP contribution is -2.43. The molecule has 3 aromatic rings. The highest BCUT2D eigenvalue weighted by molar-refractivity contribution is 6.20. The van der Waals surface area contributed by atoms with Crippen molar-refractivity contribution in [2.75, 3.05) is 38.1 Å². The van der Waals surface area contributed by atoms with Gasteiger partial charge in [0.15, 0.2) is 0 Å². The van der Waals surface area contributed by atoms with Gasteiger partial charge < -0.3 is 9.80 Å². The average Bonchev–Trinajstić information content (AvgIpc) is 3.41. The molecule has 0 N–H and O–H groups in total. The van der Waals surface area contributed by atoms with Crippen LogP contribution in [0.25, 0.3) is 5.69 Å². The van der Waals surface area contributed by atoms with E-state index in [-0.39, 0.29) is 11.3 Å². The predicted octanol–water partition coefficient (Wildman–Crippen LogP) is 7.38.